The Hall–Kier alpha value is -2.74. The molecule has 0 radical (unpaired) electrons. The zero-order valence-electron chi connectivity index (χ0n) is 20.1. The molecule has 0 aliphatic rings. The number of Topliss-reactive ketones (excluding diaryl/α,β-unsaturated/α-hetero) is 1. The van der Waals surface area contributed by atoms with Crippen LogP contribution in [0.4, 0.5) is 0 Å². The van der Waals surface area contributed by atoms with E-state index in [0.29, 0.717) is 49.5 Å². The van der Waals surface area contributed by atoms with Crippen LogP contribution in [0.25, 0.3) is 0 Å². The summed E-state index contributed by atoms with van der Waals surface area (Å²) in [6, 6.07) is 10.8. The van der Waals surface area contributed by atoms with Crippen molar-refractivity contribution in [2.45, 2.75) is 64.2 Å². The second-order valence-electron chi connectivity index (χ2n) is 8.21. The minimum atomic E-state index is -0.449. The van der Waals surface area contributed by atoms with Crippen molar-refractivity contribution in [1.29, 1.82) is 0 Å². The van der Waals surface area contributed by atoms with Gasteiger partial charge in [-0.25, -0.2) is 0 Å². The highest BCUT2D eigenvalue weighted by molar-refractivity contribution is 7.99. The van der Waals surface area contributed by atoms with Crippen LogP contribution >= 0.6 is 11.8 Å². The van der Waals surface area contributed by atoms with Gasteiger partial charge in [-0.1, -0.05) is 37.5 Å². The number of amides is 2. The normalized spacial score (nSPS) is 11.6. The third-order valence-electron chi connectivity index (χ3n) is 5.18. The molecule has 1 heterocycles. The first-order valence-electron chi connectivity index (χ1n) is 11.9. The van der Waals surface area contributed by atoms with Crippen LogP contribution in [0.2, 0.25) is 0 Å². The number of nitrogens with one attached hydrogen (secondary N) is 2. The first kappa shape index (κ1) is 27.5. The van der Waals surface area contributed by atoms with Crippen molar-refractivity contribution >= 4 is 29.4 Å². The Morgan fingerprint density at radius 3 is 2.56 bits per heavy atom. The van der Waals surface area contributed by atoms with Gasteiger partial charge in [0.25, 0.3) is 5.91 Å². The lowest BCUT2D eigenvalue weighted by Crippen LogP contribution is -2.41. The van der Waals surface area contributed by atoms with E-state index >= 15 is 0 Å². The van der Waals surface area contributed by atoms with E-state index in [-0.39, 0.29) is 24.2 Å². The van der Waals surface area contributed by atoms with Crippen LogP contribution in [0, 0.1) is 6.92 Å². The van der Waals surface area contributed by atoms with Crippen molar-refractivity contribution in [2.24, 2.45) is 0 Å². The van der Waals surface area contributed by atoms with Crippen LogP contribution in [0.1, 0.15) is 56.8 Å². The molecular formula is C26H36N2O5S. The topological polar surface area (TPSA) is 97.6 Å². The lowest BCUT2D eigenvalue weighted by molar-refractivity contribution is -0.126. The van der Waals surface area contributed by atoms with Crippen molar-refractivity contribution in [3.05, 3.63) is 54.0 Å². The van der Waals surface area contributed by atoms with Gasteiger partial charge in [-0.15, -0.1) is 11.8 Å². The second kappa shape index (κ2) is 16.0. The molecule has 1 atom stereocenters. The van der Waals surface area contributed by atoms with Gasteiger partial charge in [-0.2, -0.15) is 0 Å². The third kappa shape index (κ3) is 11.4. The van der Waals surface area contributed by atoms with Gasteiger partial charge < -0.3 is 19.8 Å². The first-order valence-corrected chi connectivity index (χ1v) is 13.0. The SMILES string of the molecule is CCCC[C@H](NC(=O)CCCCNC(=O)COc1ccc(C)cc1)C(=O)CSCc1ccco1. The highest BCUT2D eigenvalue weighted by atomic mass is 32.2. The number of hydrogen-bond acceptors (Lipinski definition) is 6. The monoisotopic (exact) mass is 488 g/mol. The fraction of sp³-hybridized carbons (Fsp3) is 0.500. The van der Waals surface area contributed by atoms with E-state index in [1.165, 1.54) is 11.8 Å². The minimum Gasteiger partial charge on any atom is -0.484 e. The Balaban J connectivity index is 1.60. The molecule has 0 aliphatic carbocycles. The van der Waals surface area contributed by atoms with E-state index in [2.05, 4.69) is 17.6 Å². The minimum absolute atomic E-state index is 0.0390. The highest BCUT2D eigenvalue weighted by Crippen LogP contribution is 2.14. The van der Waals surface area contributed by atoms with E-state index in [4.69, 9.17) is 9.15 Å². The van der Waals surface area contributed by atoms with Gasteiger partial charge in [-0.05, 0) is 50.5 Å². The molecule has 2 N–H and O–H groups in total. The molecule has 7 nitrogen and oxygen atoms in total. The molecule has 2 amide bonds. The third-order valence-corrected chi connectivity index (χ3v) is 6.16. The summed E-state index contributed by atoms with van der Waals surface area (Å²) >= 11 is 1.49. The van der Waals surface area contributed by atoms with Gasteiger partial charge in [0.2, 0.25) is 5.91 Å². The predicted octanol–water partition coefficient (Wildman–Crippen LogP) is 4.43. The van der Waals surface area contributed by atoms with Crippen molar-refractivity contribution in [2.75, 3.05) is 18.9 Å². The molecule has 2 aromatic rings. The predicted molar refractivity (Wildman–Crippen MR) is 135 cm³/mol. The lowest BCUT2D eigenvalue weighted by Gasteiger charge is -2.17. The number of furan rings is 1. The summed E-state index contributed by atoms with van der Waals surface area (Å²) in [6.45, 7) is 4.49. The summed E-state index contributed by atoms with van der Waals surface area (Å²) in [5.41, 5.74) is 1.13. The van der Waals surface area contributed by atoms with Gasteiger partial charge >= 0.3 is 0 Å². The molecule has 2 rings (SSSR count). The standard InChI is InChI=1S/C26H36N2O5S/c1-3-4-9-23(24(29)19-34-18-22-8-7-16-32-22)28-25(30)10-5-6-15-27-26(31)17-33-21-13-11-20(2)12-14-21/h7-8,11-14,16,23H,3-6,9-10,15,17-19H2,1-2H3,(H,27,31)(H,28,30)/t23-/m0/s1. The molecule has 0 fully saturated rings. The number of rotatable bonds is 17. The Bertz CT molecular complexity index is 868. The molecule has 0 unspecified atom stereocenters. The smallest absolute Gasteiger partial charge is 0.257 e. The van der Waals surface area contributed by atoms with Crippen LogP contribution in [-0.4, -0.2) is 42.5 Å². The molecule has 1 aromatic heterocycles. The number of hydrogen-bond donors (Lipinski definition) is 2. The van der Waals surface area contributed by atoms with Crippen LogP contribution in [0.5, 0.6) is 5.75 Å². The maximum absolute atomic E-state index is 12.6. The Kier molecular flexibility index (Phi) is 12.9. The second-order valence-corrected chi connectivity index (χ2v) is 9.20. The molecule has 0 bridgehead atoms. The molecule has 34 heavy (non-hydrogen) atoms. The Morgan fingerprint density at radius 2 is 1.85 bits per heavy atom. The van der Waals surface area contributed by atoms with Crippen LogP contribution < -0.4 is 15.4 Å². The van der Waals surface area contributed by atoms with Gasteiger partial charge in [0, 0.05) is 13.0 Å². The van der Waals surface area contributed by atoms with Crippen molar-refractivity contribution in [3.63, 3.8) is 0 Å². The molecule has 0 spiro atoms. The number of aryl methyl sites for hydroxylation is 1. The number of thioether (sulfide) groups is 1. The fourth-order valence-electron chi connectivity index (χ4n) is 3.21. The van der Waals surface area contributed by atoms with Gasteiger partial charge in [-0.3, -0.25) is 14.4 Å². The van der Waals surface area contributed by atoms with E-state index in [9.17, 15) is 14.4 Å². The van der Waals surface area contributed by atoms with Gasteiger partial charge in [0.05, 0.1) is 23.8 Å². The molecule has 0 saturated heterocycles. The summed E-state index contributed by atoms with van der Waals surface area (Å²) in [7, 11) is 0. The van der Waals surface area contributed by atoms with Crippen molar-refractivity contribution in [3.8, 4) is 5.75 Å². The summed E-state index contributed by atoms with van der Waals surface area (Å²) in [4.78, 5) is 36.9. The summed E-state index contributed by atoms with van der Waals surface area (Å²) in [6.07, 6.45) is 5.75. The number of unbranched alkanes of at least 4 members (excludes halogenated alkanes) is 2. The quantitative estimate of drug-likeness (QED) is 0.320. The number of benzene rings is 1. The zero-order chi connectivity index (χ0) is 24.6. The Labute approximate surface area is 206 Å². The van der Waals surface area contributed by atoms with Crippen molar-refractivity contribution in [1.82, 2.24) is 10.6 Å². The fourth-order valence-corrected chi connectivity index (χ4v) is 4.08. The van der Waals surface area contributed by atoms with E-state index in [1.54, 1.807) is 6.26 Å². The Morgan fingerprint density at radius 1 is 1.06 bits per heavy atom. The maximum atomic E-state index is 12.6. The molecule has 1 aromatic carbocycles. The van der Waals surface area contributed by atoms with Crippen molar-refractivity contribution < 1.29 is 23.5 Å². The van der Waals surface area contributed by atoms with Crippen LogP contribution in [0.15, 0.2) is 47.1 Å². The van der Waals surface area contributed by atoms with Gasteiger partial charge in [0.15, 0.2) is 12.4 Å². The molecule has 0 saturated carbocycles. The molecular weight excluding hydrogens is 452 g/mol. The lowest BCUT2D eigenvalue weighted by atomic mass is 10.1. The summed E-state index contributed by atoms with van der Waals surface area (Å²) < 4.78 is 10.7. The number of ether oxygens (including phenoxy) is 1. The first-order chi connectivity index (χ1) is 16.5. The molecule has 0 aliphatic heterocycles. The highest BCUT2D eigenvalue weighted by Gasteiger charge is 2.20. The van der Waals surface area contributed by atoms with Crippen LogP contribution in [-0.2, 0) is 20.1 Å². The van der Waals surface area contributed by atoms with Crippen LogP contribution in [0.3, 0.4) is 0 Å². The average molecular weight is 489 g/mol. The van der Waals surface area contributed by atoms with E-state index < -0.39 is 6.04 Å². The van der Waals surface area contributed by atoms with E-state index in [0.717, 1.165) is 24.2 Å². The number of carbonyl (C=O) groups is 3. The summed E-state index contributed by atoms with van der Waals surface area (Å²) in [5.74, 6) is 2.19. The number of carbonyl (C=O) groups excluding carboxylic acids is 3. The average Bonchev–Trinajstić information content (AvgIpc) is 3.34. The van der Waals surface area contributed by atoms with E-state index in [1.807, 2.05) is 43.3 Å². The van der Waals surface area contributed by atoms with Gasteiger partial charge in [0.1, 0.15) is 11.5 Å². The molecule has 186 valence electrons. The number of ketones is 1. The zero-order valence-corrected chi connectivity index (χ0v) is 21.0. The summed E-state index contributed by atoms with van der Waals surface area (Å²) in [5, 5.41) is 5.70. The maximum Gasteiger partial charge on any atom is 0.257 e. The molecule has 8 heteroatoms. The largest absolute Gasteiger partial charge is 0.484 e.